The molecule has 0 unspecified atom stereocenters. The third-order valence-electron chi connectivity index (χ3n) is 13.8. The van der Waals surface area contributed by atoms with E-state index in [1.54, 1.807) is 0 Å². The Hall–Kier alpha value is -8.58. The van der Waals surface area contributed by atoms with E-state index in [0.29, 0.717) is 5.82 Å². The van der Waals surface area contributed by atoms with Crippen molar-refractivity contribution in [3.05, 3.63) is 212 Å². The van der Waals surface area contributed by atoms with Crippen LogP contribution in [0.1, 0.15) is 0 Å². The molecular weight excluding hydrogens is 823 g/mol. The van der Waals surface area contributed by atoms with Crippen molar-refractivity contribution >= 4 is 108 Å². The molecule has 0 fully saturated rings. The number of fused-ring (bicyclic) bond motifs is 15. The van der Waals surface area contributed by atoms with Gasteiger partial charge in [0, 0.05) is 70.2 Å². The molecule has 306 valence electrons. The summed E-state index contributed by atoms with van der Waals surface area (Å²) in [5, 5.41) is 9.97. The van der Waals surface area contributed by atoms with E-state index in [-0.39, 0.29) is 0 Å². The second-order valence-corrected chi connectivity index (χ2v) is 18.4. The fourth-order valence-corrected chi connectivity index (χ4v) is 12.2. The lowest BCUT2D eigenvalue weighted by atomic mass is 10.1. The number of hydrogen-bond acceptors (Lipinski definition) is 3. The minimum Gasteiger partial charge on any atom is -0.309 e. The zero-order valence-electron chi connectivity index (χ0n) is 35.4. The predicted molar refractivity (Wildman–Crippen MR) is 278 cm³/mol. The normalized spacial score (nSPS) is 12.2. The van der Waals surface area contributed by atoms with Crippen molar-refractivity contribution in [2.45, 2.75) is 0 Å². The smallest absolute Gasteiger partial charge is 0.160 e. The summed E-state index contributed by atoms with van der Waals surface area (Å²) >= 11 is 1.90. The number of rotatable bonds is 4. The Labute approximate surface area is 381 Å². The van der Waals surface area contributed by atoms with Gasteiger partial charge in [0.2, 0.25) is 0 Å². The molecule has 15 rings (SSSR count). The van der Waals surface area contributed by atoms with Crippen LogP contribution in [-0.2, 0) is 0 Å². The molecule has 0 saturated carbocycles. The monoisotopic (exact) mass is 857 g/mol. The minimum atomic E-state index is 0.707. The zero-order chi connectivity index (χ0) is 43.0. The molecule has 6 heterocycles. The van der Waals surface area contributed by atoms with Crippen LogP contribution in [0, 0.1) is 0 Å². The fraction of sp³-hybridized carbons (Fsp3) is 0. The SMILES string of the molecule is c1ccc(-c2cc(-c3ccc(-n4c5ccccc5c5cc6c(cc54)n4c5c(cccc5c5sc7ccccc7c54)c4cccc5c7ccccc7n6c54)cc3)nc(-c3ccccc3)n2)cc1. The first kappa shape index (κ1) is 35.8. The van der Waals surface area contributed by atoms with Gasteiger partial charge in [-0.05, 0) is 48.5 Å². The van der Waals surface area contributed by atoms with E-state index in [1.807, 2.05) is 35.6 Å². The largest absolute Gasteiger partial charge is 0.309 e. The highest BCUT2D eigenvalue weighted by Gasteiger charge is 2.23. The van der Waals surface area contributed by atoms with Gasteiger partial charge in [-0.25, -0.2) is 9.97 Å². The van der Waals surface area contributed by atoms with Gasteiger partial charge in [-0.3, -0.25) is 0 Å². The molecule has 0 N–H and O–H groups in total. The first-order valence-electron chi connectivity index (χ1n) is 22.4. The number of benzene rings is 9. The van der Waals surface area contributed by atoms with Crippen molar-refractivity contribution in [1.29, 1.82) is 0 Å². The van der Waals surface area contributed by atoms with Gasteiger partial charge in [-0.1, -0.05) is 164 Å². The van der Waals surface area contributed by atoms with Crippen molar-refractivity contribution in [2.75, 3.05) is 0 Å². The lowest BCUT2D eigenvalue weighted by Crippen LogP contribution is -1.98. The van der Waals surface area contributed by atoms with E-state index >= 15 is 0 Å². The molecule has 5 nitrogen and oxygen atoms in total. The third-order valence-corrected chi connectivity index (χ3v) is 15.0. The molecule has 0 bridgehead atoms. The van der Waals surface area contributed by atoms with E-state index in [0.717, 1.165) is 55.8 Å². The fourth-order valence-electron chi connectivity index (χ4n) is 10.9. The van der Waals surface area contributed by atoms with E-state index in [1.165, 1.54) is 74.6 Å². The maximum atomic E-state index is 5.16. The van der Waals surface area contributed by atoms with Crippen LogP contribution in [0.3, 0.4) is 0 Å². The van der Waals surface area contributed by atoms with Crippen molar-refractivity contribution in [2.24, 2.45) is 0 Å². The summed E-state index contributed by atoms with van der Waals surface area (Å²) in [6, 6.07) is 77.0. The van der Waals surface area contributed by atoms with Crippen molar-refractivity contribution in [3.8, 4) is 39.6 Å². The quantitative estimate of drug-likeness (QED) is 0.177. The van der Waals surface area contributed by atoms with Gasteiger partial charge in [0.25, 0.3) is 0 Å². The van der Waals surface area contributed by atoms with Crippen LogP contribution >= 0.6 is 11.3 Å². The Morgan fingerprint density at radius 1 is 0.318 bits per heavy atom. The van der Waals surface area contributed by atoms with Crippen LogP contribution in [0.5, 0.6) is 0 Å². The molecule has 0 aliphatic rings. The first-order chi connectivity index (χ1) is 32.7. The van der Waals surface area contributed by atoms with Gasteiger partial charge >= 0.3 is 0 Å². The molecule has 0 aliphatic heterocycles. The van der Waals surface area contributed by atoms with Gasteiger partial charge in [-0.15, -0.1) is 11.3 Å². The summed E-state index contributed by atoms with van der Waals surface area (Å²) in [6.07, 6.45) is 0. The van der Waals surface area contributed by atoms with Gasteiger partial charge in [0.05, 0.1) is 60.2 Å². The maximum Gasteiger partial charge on any atom is 0.160 e. The van der Waals surface area contributed by atoms with Crippen LogP contribution in [-0.4, -0.2) is 23.3 Å². The van der Waals surface area contributed by atoms with E-state index in [4.69, 9.17) is 9.97 Å². The third kappa shape index (κ3) is 4.93. The number of para-hydroxylation sites is 4. The second-order valence-electron chi connectivity index (χ2n) is 17.3. The highest BCUT2D eigenvalue weighted by molar-refractivity contribution is 7.26. The highest BCUT2D eigenvalue weighted by atomic mass is 32.1. The molecule has 0 saturated heterocycles. The first-order valence-corrected chi connectivity index (χ1v) is 23.2. The van der Waals surface area contributed by atoms with E-state index < -0.39 is 0 Å². The molecule has 15 aromatic rings. The molecule has 6 heteroatoms. The highest BCUT2D eigenvalue weighted by Crippen LogP contribution is 2.46. The summed E-state index contributed by atoms with van der Waals surface area (Å²) < 4.78 is 10.2. The molecule has 0 radical (unpaired) electrons. The molecule has 0 amide bonds. The van der Waals surface area contributed by atoms with Gasteiger partial charge in [-0.2, -0.15) is 0 Å². The van der Waals surface area contributed by atoms with Crippen LogP contribution < -0.4 is 0 Å². The van der Waals surface area contributed by atoms with Crippen molar-refractivity contribution in [1.82, 2.24) is 23.3 Å². The molecule has 66 heavy (non-hydrogen) atoms. The maximum absolute atomic E-state index is 5.16. The average molecular weight is 858 g/mol. The number of aromatic nitrogens is 5. The lowest BCUT2D eigenvalue weighted by molar-refractivity contribution is 1.17. The Kier molecular flexibility index (Phi) is 7.31. The van der Waals surface area contributed by atoms with Crippen LogP contribution in [0.2, 0.25) is 0 Å². The number of hydrogen-bond donors (Lipinski definition) is 0. The van der Waals surface area contributed by atoms with Gasteiger partial charge < -0.3 is 13.4 Å². The molecule has 6 aromatic heterocycles. The Morgan fingerprint density at radius 3 is 1.58 bits per heavy atom. The van der Waals surface area contributed by atoms with Crippen LogP contribution in [0.4, 0.5) is 0 Å². The predicted octanol–water partition coefficient (Wildman–Crippen LogP) is 16.1. The van der Waals surface area contributed by atoms with Crippen molar-refractivity contribution < 1.29 is 0 Å². The van der Waals surface area contributed by atoms with E-state index in [2.05, 4.69) is 201 Å². The van der Waals surface area contributed by atoms with Crippen molar-refractivity contribution in [3.63, 3.8) is 0 Å². The van der Waals surface area contributed by atoms with E-state index in [9.17, 15) is 0 Å². The molecule has 0 spiro atoms. The molecule has 0 atom stereocenters. The zero-order valence-corrected chi connectivity index (χ0v) is 36.2. The topological polar surface area (TPSA) is 39.5 Å². The standard InChI is InChI=1S/C60H35N5S/c1-3-15-36(16-4-1)48-34-49(62-60(61-48)38-17-5-2-6-18-38)37-29-31-39(32-30-37)63-50-26-10-8-20-41(50)47-33-53-54(35-52(47)63)65-57-44(24-14-25-46(57)59-58(65)45-21-9-12-28-55(45)66-59)43-23-13-22-42-40-19-7-11-27-51(40)64(53)56(42)43/h1-35H. The average Bonchev–Trinajstić information content (AvgIpc) is 4.12. The number of thiophene rings is 1. The molecule has 0 aliphatic carbocycles. The minimum absolute atomic E-state index is 0.707. The number of nitrogens with zero attached hydrogens (tertiary/aromatic N) is 5. The van der Waals surface area contributed by atoms with Crippen LogP contribution in [0.25, 0.3) is 136 Å². The summed E-state index contributed by atoms with van der Waals surface area (Å²) in [7, 11) is 0. The Bertz CT molecular complexity index is 4440. The Balaban J connectivity index is 1.06. The summed E-state index contributed by atoms with van der Waals surface area (Å²) in [5.41, 5.74) is 15.5. The summed E-state index contributed by atoms with van der Waals surface area (Å²) in [6.45, 7) is 0. The summed E-state index contributed by atoms with van der Waals surface area (Å²) in [4.78, 5) is 10.2. The molecule has 9 aromatic carbocycles. The van der Waals surface area contributed by atoms with Crippen LogP contribution in [0.15, 0.2) is 212 Å². The van der Waals surface area contributed by atoms with Gasteiger partial charge in [0.15, 0.2) is 5.82 Å². The Morgan fingerprint density at radius 2 is 0.848 bits per heavy atom. The molecular formula is C60H35N5S. The second kappa shape index (κ2) is 13.5. The lowest BCUT2D eigenvalue weighted by Gasteiger charge is -2.13. The van der Waals surface area contributed by atoms with Gasteiger partial charge in [0.1, 0.15) is 0 Å². The summed E-state index contributed by atoms with van der Waals surface area (Å²) in [5.74, 6) is 0.707.